The second kappa shape index (κ2) is 8.39. The topological polar surface area (TPSA) is 59.5 Å². The van der Waals surface area contributed by atoms with Gasteiger partial charge in [-0.1, -0.05) is 11.6 Å². The third-order valence-corrected chi connectivity index (χ3v) is 5.27. The summed E-state index contributed by atoms with van der Waals surface area (Å²) in [5, 5.41) is 4.00. The van der Waals surface area contributed by atoms with E-state index in [1.807, 2.05) is 12.1 Å². The zero-order chi connectivity index (χ0) is 20.4. The Labute approximate surface area is 173 Å². The van der Waals surface area contributed by atoms with Gasteiger partial charge in [0.2, 0.25) is 0 Å². The third kappa shape index (κ3) is 4.36. The van der Waals surface area contributed by atoms with Crippen LogP contribution in [0.3, 0.4) is 0 Å². The van der Waals surface area contributed by atoms with Gasteiger partial charge in [-0.05, 0) is 50.7 Å². The van der Waals surface area contributed by atoms with Crippen molar-refractivity contribution >= 4 is 34.0 Å². The van der Waals surface area contributed by atoms with E-state index in [1.165, 1.54) is 18.5 Å². The van der Waals surface area contributed by atoms with E-state index in [1.54, 1.807) is 13.2 Å². The van der Waals surface area contributed by atoms with Crippen LogP contribution in [0.5, 0.6) is 11.5 Å². The summed E-state index contributed by atoms with van der Waals surface area (Å²) in [6.45, 7) is 1.95. The van der Waals surface area contributed by atoms with Crippen LogP contribution in [0.25, 0.3) is 10.9 Å². The average molecular weight is 417 g/mol. The van der Waals surface area contributed by atoms with Crippen LogP contribution < -0.4 is 14.8 Å². The molecule has 2 heterocycles. The predicted molar refractivity (Wildman–Crippen MR) is 112 cm³/mol. The van der Waals surface area contributed by atoms with Gasteiger partial charge in [-0.25, -0.2) is 14.4 Å². The van der Waals surface area contributed by atoms with Crippen LogP contribution in [0.1, 0.15) is 12.8 Å². The highest BCUT2D eigenvalue weighted by molar-refractivity contribution is 6.31. The van der Waals surface area contributed by atoms with Crippen molar-refractivity contribution in [3.63, 3.8) is 0 Å². The Kier molecular flexibility index (Phi) is 5.69. The summed E-state index contributed by atoms with van der Waals surface area (Å²) in [5.74, 6) is 1.38. The van der Waals surface area contributed by atoms with Crippen molar-refractivity contribution in [1.29, 1.82) is 0 Å². The first-order valence-electron chi connectivity index (χ1n) is 9.43. The Morgan fingerprint density at radius 3 is 2.83 bits per heavy atom. The third-order valence-electron chi connectivity index (χ3n) is 4.98. The molecule has 1 atom stereocenters. The van der Waals surface area contributed by atoms with Gasteiger partial charge in [0, 0.05) is 23.7 Å². The minimum atomic E-state index is -0.470. The molecule has 0 bridgehead atoms. The Morgan fingerprint density at radius 2 is 2.07 bits per heavy atom. The number of fused-ring (bicyclic) bond motifs is 1. The summed E-state index contributed by atoms with van der Waals surface area (Å²) in [6, 6.07) is 8.15. The Balaban J connectivity index is 1.69. The van der Waals surface area contributed by atoms with Crippen molar-refractivity contribution in [3.05, 3.63) is 47.5 Å². The molecule has 1 aliphatic heterocycles. The van der Waals surface area contributed by atoms with Gasteiger partial charge in [0.05, 0.1) is 17.6 Å². The zero-order valence-electron chi connectivity index (χ0n) is 16.3. The summed E-state index contributed by atoms with van der Waals surface area (Å²) in [5.41, 5.74) is 1.34. The van der Waals surface area contributed by atoms with Crippen LogP contribution in [-0.2, 0) is 0 Å². The number of likely N-dealkylation sites (tertiary alicyclic amines) is 1. The maximum atomic E-state index is 13.5. The second-order valence-electron chi connectivity index (χ2n) is 7.14. The summed E-state index contributed by atoms with van der Waals surface area (Å²) < 4.78 is 25.3. The smallest absolute Gasteiger partial charge is 0.162 e. The molecule has 8 heteroatoms. The van der Waals surface area contributed by atoms with Crippen molar-refractivity contribution in [2.75, 3.05) is 32.6 Å². The maximum absolute atomic E-state index is 13.5. The number of nitrogens with zero attached hydrogens (tertiary/aromatic N) is 3. The molecular weight excluding hydrogens is 395 g/mol. The van der Waals surface area contributed by atoms with Crippen molar-refractivity contribution in [2.45, 2.75) is 18.9 Å². The molecule has 152 valence electrons. The largest absolute Gasteiger partial charge is 0.493 e. The molecule has 0 amide bonds. The van der Waals surface area contributed by atoms with Crippen LogP contribution in [0.2, 0.25) is 5.02 Å². The lowest BCUT2D eigenvalue weighted by atomic mass is 10.1. The molecule has 1 unspecified atom stereocenters. The fourth-order valence-electron chi connectivity index (χ4n) is 3.52. The fourth-order valence-corrected chi connectivity index (χ4v) is 3.70. The molecule has 1 N–H and O–H groups in total. The minimum absolute atomic E-state index is 0.0421. The number of nitrogens with one attached hydrogen (secondary N) is 1. The lowest BCUT2D eigenvalue weighted by Gasteiger charge is -2.30. The lowest BCUT2D eigenvalue weighted by Crippen LogP contribution is -2.38. The molecule has 1 saturated heterocycles. The summed E-state index contributed by atoms with van der Waals surface area (Å²) in [4.78, 5) is 10.9. The van der Waals surface area contributed by atoms with E-state index in [0.29, 0.717) is 28.5 Å². The molecule has 3 aromatic rings. The Hall–Kier alpha value is -2.64. The number of halogens is 2. The molecule has 1 aromatic heterocycles. The first kappa shape index (κ1) is 19.7. The van der Waals surface area contributed by atoms with Crippen molar-refractivity contribution in [1.82, 2.24) is 14.9 Å². The number of rotatable bonds is 5. The highest BCUT2D eigenvalue weighted by Crippen LogP contribution is 2.36. The standard InChI is InChI=1S/C21H22ClFN4O2/c1-27-7-3-4-14(11-27)29-20-9-15-18(10-19(20)28-2)24-12-25-21(15)26-13-5-6-17(23)16(22)8-13/h5-6,8-10,12,14H,3-4,7,11H2,1-2H3,(H,24,25,26). The van der Waals surface area contributed by atoms with Crippen LogP contribution in [0.4, 0.5) is 15.9 Å². The number of ether oxygens (including phenoxy) is 2. The number of methoxy groups -OCH3 is 1. The lowest BCUT2D eigenvalue weighted by molar-refractivity contribution is 0.101. The fraction of sp³-hybridized carbons (Fsp3) is 0.333. The van der Waals surface area contributed by atoms with E-state index >= 15 is 0 Å². The Bertz CT molecular complexity index is 1030. The van der Waals surface area contributed by atoms with Crippen molar-refractivity contribution < 1.29 is 13.9 Å². The highest BCUT2D eigenvalue weighted by atomic mass is 35.5. The molecule has 4 rings (SSSR count). The predicted octanol–water partition coefficient (Wildman–Crippen LogP) is 4.65. The van der Waals surface area contributed by atoms with Crippen LogP contribution in [0, 0.1) is 5.82 Å². The summed E-state index contributed by atoms with van der Waals surface area (Å²) >= 11 is 5.90. The van der Waals surface area contributed by atoms with Gasteiger partial charge in [-0.2, -0.15) is 0 Å². The number of hydrogen-bond acceptors (Lipinski definition) is 6. The molecule has 0 aliphatic carbocycles. The minimum Gasteiger partial charge on any atom is -0.493 e. The molecule has 0 spiro atoms. The van der Waals surface area contributed by atoms with Crippen molar-refractivity contribution in [2.24, 2.45) is 0 Å². The number of piperidine rings is 1. The number of anilines is 2. The van der Waals surface area contributed by atoms with E-state index in [2.05, 4.69) is 27.2 Å². The molecule has 0 saturated carbocycles. The monoisotopic (exact) mass is 416 g/mol. The first-order valence-corrected chi connectivity index (χ1v) is 9.81. The SMILES string of the molecule is COc1cc2ncnc(Nc3ccc(F)c(Cl)c3)c2cc1OC1CCCN(C)C1. The van der Waals surface area contributed by atoms with E-state index in [-0.39, 0.29) is 11.1 Å². The van der Waals surface area contributed by atoms with E-state index in [0.717, 1.165) is 31.3 Å². The van der Waals surface area contributed by atoms with Gasteiger partial charge in [-0.3, -0.25) is 0 Å². The summed E-state index contributed by atoms with van der Waals surface area (Å²) in [7, 11) is 3.71. The Morgan fingerprint density at radius 1 is 1.21 bits per heavy atom. The second-order valence-corrected chi connectivity index (χ2v) is 7.55. The number of hydrogen-bond donors (Lipinski definition) is 1. The van der Waals surface area contributed by atoms with Gasteiger partial charge in [0.1, 0.15) is 24.1 Å². The molecule has 1 aliphatic rings. The number of benzene rings is 2. The molecule has 1 fully saturated rings. The van der Waals surface area contributed by atoms with Gasteiger partial charge in [0.15, 0.2) is 11.5 Å². The molecule has 6 nitrogen and oxygen atoms in total. The molecular formula is C21H22ClFN4O2. The highest BCUT2D eigenvalue weighted by Gasteiger charge is 2.21. The number of likely N-dealkylation sites (N-methyl/N-ethyl adjacent to an activating group) is 1. The molecule has 2 aromatic carbocycles. The van der Waals surface area contributed by atoms with E-state index < -0.39 is 5.82 Å². The van der Waals surface area contributed by atoms with Gasteiger partial charge >= 0.3 is 0 Å². The van der Waals surface area contributed by atoms with E-state index in [9.17, 15) is 4.39 Å². The number of aromatic nitrogens is 2. The van der Waals surface area contributed by atoms with E-state index in [4.69, 9.17) is 21.1 Å². The summed E-state index contributed by atoms with van der Waals surface area (Å²) in [6.07, 6.45) is 3.65. The van der Waals surface area contributed by atoms with Crippen LogP contribution in [-0.4, -0.2) is 48.2 Å². The zero-order valence-corrected chi connectivity index (χ0v) is 17.0. The van der Waals surface area contributed by atoms with Crippen LogP contribution >= 0.6 is 11.6 Å². The van der Waals surface area contributed by atoms with Gasteiger partial charge < -0.3 is 19.7 Å². The average Bonchev–Trinajstić information content (AvgIpc) is 2.71. The normalized spacial score (nSPS) is 17.3. The van der Waals surface area contributed by atoms with Crippen molar-refractivity contribution in [3.8, 4) is 11.5 Å². The first-order chi connectivity index (χ1) is 14.0. The van der Waals surface area contributed by atoms with Crippen LogP contribution in [0.15, 0.2) is 36.7 Å². The maximum Gasteiger partial charge on any atom is 0.162 e. The quantitative estimate of drug-likeness (QED) is 0.653. The molecule has 0 radical (unpaired) electrons. The molecule has 29 heavy (non-hydrogen) atoms. The van der Waals surface area contributed by atoms with Gasteiger partial charge in [0.25, 0.3) is 0 Å². The van der Waals surface area contributed by atoms with Gasteiger partial charge in [-0.15, -0.1) is 0 Å².